The molecule has 4 aliphatic carbocycles. The monoisotopic (exact) mass is 828 g/mol. The molecule has 0 heterocycles. The smallest absolute Gasteiger partial charge is 0.211 e. The number of aliphatic imine (C=N–C) groups is 4. The van der Waals surface area contributed by atoms with Gasteiger partial charge in [0.1, 0.15) is 0 Å². The van der Waals surface area contributed by atoms with E-state index in [9.17, 15) is 38.4 Å². The van der Waals surface area contributed by atoms with Crippen LogP contribution in [-0.4, -0.2) is 99.7 Å². The molecule has 0 N–H and O–H groups in total. The molecule has 4 atom stereocenters. The van der Waals surface area contributed by atoms with Crippen LogP contribution in [0, 0.1) is 47.3 Å². The molecule has 20 nitrogen and oxygen atoms in total. The Morgan fingerprint density at radius 2 is 0.600 bits per heavy atom. The zero-order chi connectivity index (χ0) is 43.7. The third kappa shape index (κ3) is 27.4. The molecule has 0 aromatic heterocycles. The predicted octanol–water partition coefficient (Wildman–Crippen LogP) is 5.80. The first-order chi connectivity index (χ1) is 29.5. The van der Waals surface area contributed by atoms with E-state index in [1.807, 2.05) is 0 Å². The van der Waals surface area contributed by atoms with Gasteiger partial charge in [0.15, 0.2) is 0 Å². The van der Waals surface area contributed by atoms with Crippen molar-refractivity contribution < 1.29 is 38.4 Å². The van der Waals surface area contributed by atoms with Gasteiger partial charge in [-0.15, -0.1) is 0 Å². The Morgan fingerprint density at radius 3 is 0.883 bits per heavy atom. The molecule has 0 aromatic carbocycles. The fraction of sp³-hybridized carbons (Fsp3) is 0.700. The minimum atomic E-state index is 0.336. The molecule has 0 amide bonds. The van der Waals surface area contributed by atoms with Crippen LogP contribution in [0.3, 0.4) is 0 Å². The van der Waals surface area contributed by atoms with E-state index in [4.69, 9.17) is 0 Å². The molecule has 320 valence electrons. The van der Waals surface area contributed by atoms with Crippen molar-refractivity contribution in [3.63, 3.8) is 0 Å². The third-order valence-electron chi connectivity index (χ3n) is 10.6. The SMILES string of the molecule is O=C=NCC1CCC(/C=N\N=C=O)CC1.O=C=NCC1CCC(/C=N\N=C=O)CC1.O=C=NC[C@@H]1CCC[C@H](/C=N\N=C=O)C1.O=C=NC[C@H]1CCC[C@H](/C=N\N=C=O)C1. The summed E-state index contributed by atoms with van der Waals surface area (Å²) >= 11 is 0. The molecule has 4 rings (SSSR count). The lowest BCUT2D eigenvalue weighted by Crippen LogP contribution is -2.18. The Morgan fingerprint density at radius 1 is 0.317 bits per heavy atom. The lowest BCUT2D eigenvalue weighted by atomic mass is 9.82. The maximum atomic E-state index is 9.96. The normalized spacial score (nSPS) is 25.6. The number of carbonyl (C=O) groups excluding carboxylic acids is 8. The summed E-state index contributed by atoms with van der Waals surface area (Å²) in [5, 5.41) is 26.9. The van der Waals surface area contributed by atoms with Crippen molar-refractivity contribution in [2.75, 3.05) is 26.2 Å². The summed E-state index contributed by atoms with van der Waals surface area (Å²) in [5.41, 5.74) is 0. The highest BCUT2D eigenvalue weighted by Crippen LogP contribution is 2.30. The number of hydrogen-bond acceptors (Lipinski definition) is 20. The Kier molecular flexibility index (Phi) is 31.9. The van der Waals surface area contributed by atoms with Crippen molar-refractivity contribution in [3.8, 4) is 0 Å². The Hall–Kier alpha value is -6.28. The van der Waals surface area contributed by atoms with Crippen LogP contribution in [-0.2, 0) is 38.4 Å². The van der Waals surface area contributed by atoms with E-state index in [-0.39, 0.29) is 0 Å². The second-order valence-corrected chi connectivity index (χ2v) is 14.7. The zero-order valence-electron chi connectivity index (χ0n) is 33.7. The highest BCUT2D eigenvalue weighted by Gasteiger charge is 2.22. The summed E-state index contributed by atoms with van der Waals surface area (Å²) in [4.78, 5) is 93.2. The van der Waals surface area contributed by atoms with Crippen LogP contribution in [0.1, 0.15) is 103 Å². The maximum Gasteiger partial charge on any atom is 0.260 e. The number of isocyanates is 8. The van der Waals surface area contributed by atoms with Crippen molar-refractivity contribution in [1.82, 2.24) is 0 Å². The lowest BCUT2D eigenvalue weighted by molar-refractivity contribution is 0.328. The van der Waals surface area contributed by atoms with Crippen molar-refractivity contribution in [2.45, 2.75) is 103 Å². The fourth-order valence-corrected chi connectivity index (χ4v) is 7.58. The first kappa shape index (κ1) is 51.7. The maximum absolute atomic E-state index is 9.96. The van der Waals surface area contributed by atoms with Gasteiger partial charge in [-0.25, -0.2) is 58.3 Å². The molecule has 20 heteroatoms. The molecule has 0 unspecified atom stereocenters. The van der Waals surface area contributed by atoms with E-state index in [1.54, 1.807) is 49.2 Å². The molecule has 0 spiro atoms. The highest BCUT2D eigenvalue weighted by atomic mass is 16.1. The van der Waals surface area contributed by atoms with E-state index in [2.05, 4.69) is 60.8 Å². The van der Waals surface area contributed by atoms with Crippen LogP contribution in [0.15, 0.2) is 60.8 Å². The van der Waals surface area contributed by atoms with Crippen LogP contribution in [0.5, 0.6) is 0 Å². The molecule has 4 aliphatic rings. The molecule has 0 aliphatic heterocycles. The summed E-state index contributed by atoms with van der Waals surface area (Å²) in [6, 6.07) is 0. The third-order valence-corrected chi connectivity index (χ3v) is 10.6. The van der Waals surface area contributed by atoms with Gasteiger partial charge in [0.05, 0.1) is 26.2 Å². The first-order valence-corrected chi connectivity index (χ1v) is 20.0. The van der Waals surface area contributed by atoms with Gasteiger partial charge in [-0.3, -0.25) is 0 Å². The second-order valence-electron chi connectivity index (χ2n) is 14.7. The predicted molar refractivity (Wildman–Crippen MR) is 220 cm³/mol. The van der Waals surface area contributed by atoms with Crippen molar-refractivity contribution >= 4 is 73.5 Å². The Labute approximate surface area is 348 Å². The van der Waals surface area contributed by atoms with Gasteiger partial charge in [0, 0.05) is 24.9 Å². The summed E-state index contributed by atoms with van der Waals surface area (Å²) in [7, 11) is 0. The zero-order valence-corrected chi connectivity index (χ0v) is 33.7. The molecular weight excluding hydrogens is 777 g/mol. The summed E-state index contributed by atoms with van der Waals surface area (Å²) < 4.78 is 0. The quantitative estimate of drug-likeness (QED) is 0.104. The van der Waals surface area contributed by atoms with Crippen LogP contribution in [0.2, 0.25) is 0 Å². The lowest BCUT2D eigenvalue weighted by Gasteiger charge is -2.24. The van der Waals surface area contributed by atoms with E-state index in [1.165, 1.54) is 24.3 Å². The van der Waals surface area contributed by atoms with E-state index < -0.39 is 0 Å². The summed E-state index contributed by atoms with van der Waals surface area (Å²) in [6.07, 6.45) is 35.0. The van der Waals surface area contributed by atoms with Crippen molar-refractivity contribution in [3.05, 3.63) is 0 Å². The molecule has 0 aromatic rings. The van der Waals surface area contributed by atoms with Crippen LogP contribution < -0.4 is 0 Å². The largest absolute Gasteiger partial charge is 0.260 e. The van der Waals surface area contributed by atoms with Gasteiger partial charge in [0.25, 0.3) is 24.3 Å². The van der Waals surface area contributed by atoms with E-state index >= 15 is 0 Å². The standard InChI is InChI=1S/4C10H13N3O2/c2*14-7-11-5-9-1-3-10(4-2-9)6-12-13-8-15;2*14-7-11-5-9-2-1-3-10(4-9)6-12-13-8-15/h4*6,9-10H,1-5H2/b4*12-6-/t;;9-,10+;9-,10-/m..10/s1. The minimum Gasteiger partial charge on any atom is -0.211 e. The fourth-order valence-electron chi connectivity index (χ4n) is 7.58. The highest BCUT2D eigenvalue weighted by molar-refractivity contribution is 5.62. The molecule has 0 radical (unpaired) electrons. The Bertz CT molecular complexity index is 1630. The molecule has 0 saturated heterocycles. The minimum absolute atomic E-state index is 0.336. The molecule has 60 heavy (non-hydrogen) atoms. The van der Waals surface area contributed by atoms with Crippen molar-refractivity contribution in [1.29, 1.82) is 0 Å². The average molecular weight is 829 g/mol. The molecular formula is C40H52N12O8. The number of rotatable bonds is 16. The van der Waals surface area contributed by atoms with Crippen LogP contribution in [0.4, 0.5) is 0 Å². The average Bonchev–Trinajstić information content (AvgIpc) is 3.28. The van der Waals surface area contributed by atoms with Crippen LogP contribution >= 0.6 is 0 Å². The van der Waals surface area contributed by atoms with Gasteiger partial charge >= 0.3 is 0 Å². The van der Waals surface area contributed by atoms with Crippen molar-refractivity contribution in [2.24, 2.45) is 108 Å². The number of hydrogen-bond donors (Lipinski definition) is 0. The molecule has 4 fully saturated rings. The molecule has 4 saturated carbocycles. The summed E-state index contributed by atoms with van der Waals surface area (Å²) in [6.45, 7) is 2.26. The Balaban J connectivity index is 0.000000400. The van der Waals surface area contributed by atoms with Gasteiger partial charge in [0.2, 0.25) is 24.3 Å². The molecule has 0 bridgehead atoms. The van der Waals surface area contributed by atoms with Gasteiger partial charge in [-0.2, -0.15) is 20.4 Å². The first-order valence-electron chi connectivity index (χ1n) is 20.0. The topological polar surface area (TPSA) is 285 Å². The van der Waals surface area contributed by atoms with Gasteiger partial charge in [-0.05, 0) is 137 Å². The van der Waals surface area contributed by atoms with Crippen LogP contribution in [0.25, 0.3) is 0 Å². The van der Waals surface area contributed by atoms with E-state index in [0.29, 0.717) is 73.5 Å². The summed E-state index contributed by atoms with van der Waals surface area (Å²) in [5.74, 6) is 3.28. The van der Waals surface area contributed by atoms with E-state index in [0.717, 1.165) is 103 Å². The second kappa shape index (κ2) is 37.0. The van der Waals surface area contributed by atoms with Gasteiger partial charge < -0.3 is 0 Å². The number of nitrogens with zero attached hydrogens (tertiary/aromatic N) is 12. The van der Waals surface area contributed by atoms with Gasteiger partial charge in [-0.1, -0.05) is 33.2 Å².